The zero-order chi connectivity index (χ0) is 13.6. The third-order valence-electron chi connectivity index (χ3n) is 2.70. The van der Waals surface area contributed by atoms with Gasteiger partial charge in [0.25, 0.3) is 0 Å². The summed E-state index contributed by atoms with van der Waals surface area (Å²) < 4.78 is 6.94. The Morgan fingerprint density at radius 1 is 1.28 bits per heavy atom. The molecule has 0 spiro atoms. The van der Waals surface area contributed by atoms with Crippen molar-refractivity contribution in [3.8, 4) is 5.75 Å². The van der Waals surface area contributed by atoms with Crippen LogP contribution in [0.1, 0.15) is 39.7 Å². The molecule has 0 aliphatic carbocycles. The molecule has 0 aliphatic heterocycles. The van der Waals surface area contributed by atoms with Gasteiger partial charge in [0.05, 0.1) is 6.61 Å². The molecule has 0 radical (unpaired) electrons. The van der Waals surface area contributed by atoms with Crippen LogP contribution in [0.15, 0.2) is 22.7 Å². The fourth-order valence-corrected chi connectivity index (χ4v) is 1.90. The fraction of sp³-hybridized carbons (Fsp3) is 0.600. The van der Waals surface area contributed by atoms with E-state index >= 15 is 0 Å². The van der Waals surface area contributed by atoms with Crippen LogP contribution in [0.2, 0.25) is 0 Å². The standard InChI is InChI=1S/C15H24BrNO/c1-5-17-11-12-10-13(6-7-14(12)16)18-9-8-15(2,3)4/h6-7,10,17H,5,8-9,11H2,1-4H3. The number of hydrogen-bond donors (Lipinski definition) is 1. The van der Waals surface area contributed by atoms with Crippen LogP contribution >= 0.6 is 15.9 Å². The molecule has 18 heavy (non-hydrogen) atoms. The first-order valence-electron chi connectivity index (χ1n) is 6.54. The van der Waals surface area contributed by atoms with Gasteiger partial charge in [-0.3, -0.25) is 0 Å². The zero-order valence-corrected chi connectivity index (χ0v) is 13.4. The van der Waals surface area contributed by atoms with Gasteiger partial charge in [-0.1, -0.05) is 43.6 Å². The van der Waals surface area contributed by atoms with Crippen molar-refractivity contribution in [1.82, 2.24) is 5.32 Å². The Labute approximate surface area is 119 Å². The molecule has 0 aliphatic rings. The molecule has 0 fully saturated rings. The lowest BCUT2D eigenvalue weighted by molar-refractivity contribution is 0.243. The van der Waals surface area contributed by atoms with Crippen molar-refractivity contribution in [3.63, 3.8) is 0 Å². The van der Waals surface area contributed by atoms with Gasteiger partial charge in [-0.25, -0.2) is 0 Å². The van der Waals surface area contributed by atoms with E-state index in [1.807, 2.05) is 6.07 Å². The van der Waals surface area contributed by atoms with Gasteiger partial charge in [-0.2, -0.15) is 0 Å². The van der Waals surface area contributed by atoms with Crippen LogP contribution in [0, 0.1) is 5.41 Å². The smallest absolute Gasteiger partial charge is 0.119 e. The molecule has 0 saturated heterocycles. The predicted octanol–water partition coefficient (Wildman–Crippen LogP) is 4.37. The Morgan fingerprint density at radius 3 is 2.61 bits per heavy atom. The van der Waals surface area contributed by atoms with Crippen LogP contribution in [-0.4, -0.2) is 13.2 Å². The molecule has 1 aromatic carbocycles. The van der Waals surface area contributed by atoms with Crippen LogP contribution < -0.4 is 10.1 Å². The largest absolute Gasteiger partial charge is 0.494 e. The predicted molar refractivity (Wildman–Crippen MR) is 81.1 cm³/mol. The van der Waals surface area contributed by atoms with E-state index in [9.17, 15) is 0 Å². The van der Waals surface area contributed by atoms with Gasteiger partial charge in [0, 0.05) is 11.0 Å². The molecule has 0 unspecified atom stereocenters. The first kappa shape index (κ1) is 15.5. The van der Waals surface area contributed by atoms with E-state index in [0.29, 0.717) is 5.41 Å². The van der Waals surface area contributed by atoms with Crippen LogP contribution in [0.5, 0.6) is 5.75 Å². The van der Waals surface area contributed by atoms with E-state index in [0.717, 1.165) is 36.3 Å². The molecule has 1 N–H and O–H groups in total. The minimum absolute atomic E-state index is 0.321. The van der Waals surface area contributed by atoms with Crippen LogP contribution in [0.25, 0.3) is 0 Å². The SMILES string of the molecule is CCNCc1cc(OCCC(C)(C)C)ccc1Br. The first-order chi connectivity index (χ1) is 8.42. The van der Waals surface area contributed by atoms with Crippen molar-refractivity contribution in [3.05, 3.63) is 28.2 Å². The molecule has 0 saturated carbocycles. The highest BCUT2D eigenvalue weighted by atomic mass is 79.9. The van der Waals surface area contributed by atoms with Gasteiger partial charge in [-0.05, 0) is 42.1 Å². The van der Waals surface area contributed by atoms with Crippen molar-refractivity contribution in [2.45, 2.75) is 40.7 Å². The topological polar surface area (TPSA) is 21.3 Å². The highest BCUT2D eigenvalue weighted by Gasteiger charge is 2.10. The third kappa shape index (κ3) is 5.87. The fourth-order valence-electron chi connectivity index (χ4n) is 1.51. The number of rotatable bonds is 6. The maximum atomic E-state index is 5.81. The van der Waals surface area contributed by atoms with E-state index in [-0.39, 0.29) is 0 Å². The summed E-state index contributed by atoms with van der Waals surface area (Å²) in [6.07, 6.45) is 1.06. The van der Waals surface area contributed by atoms with Crippen LogP contribution in [0.3, 0.4) is 0 Å². The van der Waals surface area contributed by atoms with Crippen molar-refractivity contribution in [1.29, 1.82) is 0 Å². The zero-order valence-electron chi connectivity index (χ0n) is 11.8. The monoisotopic (exact) mass is 313 g/mol. The normalized spacial score (nSPS) is 11.6. The maximum absolute atomic E-state index is 5.81. The highest BCUT2D eigenvalue weighted by Crippen LogP contribution is 2.24. The molecular weight excluding hydrogens is 290 g/mol. The Hall–Kier alpha value is -0.540. The van der Waals surface area contributed by atoms with Crippen molar-refractivity contribution < 1.29 is 4.74 Å². The van der Waals surface area contributed by atoms with E-state index in [1.54, 1.807) is 0 Å². The average molecular weight is 314 g/mol. The molecule has 1 rings (SSSR count). The second-order valence-electron chi connectivity index (χ2n) is 5.69. The molecule has 2 nitrogen and oxygen atoms in total. The molecule has 0 atom stereocenters. The maximum Gasteiger partial charge on any atom is 0.119 e. The van der Waals surface area contributed by atoms with E-state index < -0.39 is 0 Å². The minimum atomic E-state index is 0.321. The van der Waals surface area contributed by atoms with Gasteiger partial charge in [0.1, 0.15) is 5.75 Å². The molecular formula is C15H24BrNO. The number of nitrogens with one attached hydrogen (secondary N) is 1. The number of halogens is 1. The number of benzene rings is 1. The lowest BCUT2D eigenvalue weighted by atomic mass is 9.93. The molecule has 0 bridgehead atoms. The second kappa shape index (κ2) is 7.15. The average Bonchev–Trinajstić information content (AvgIpc) is 2.28. The Bertz CT molecular complexity index is 371. The summed E-state index contributed by atoms with van der Waals surface area (Å²) in [6, 6.07) is 6.18. The summed E-state index contributed by atoms with van der Waals surface area (Å²) in [5.74, 6) is 0.954. The summed E-state index contributed by atoms with van der Waals surface area (Å²) >= 11 is 3.57. The quantitative estimate of drug-likeness (QED) is 0.841. The van der Waals surface area contributed by atoms with Gasteiger partial charge < -0.3 is 10.1 Å². The van der Waals surface area contributed by atoms with Crippen molar-refractivity contribution in [2.75, 3.05) is 13.2 Å². The molecule has 3 heteroatoms. The molecule has 0 heterocycles. The summed E-state index contributed by atoms with van der Waals surface area (Å²) in [5, 5.41) is 3.33. The van der Waals surface area contributed by atoms with Crippen molar-refractivity contribution in [2.24, 2.45) is 5.41 Å². The van der Waals surface area contributed by atoms with Crippen LogP contribution in [-0.2, 0) is 6.54 Å². The molecule has 1 aromatic rings. The Kier molecular flexibility index (Phi) is 6.16. The van der Waals surface area contributed by atoms with E-state index in [2.05, 4.69) is 61.1 Å². The second-order valence-corrected chi connectivity index (χ2v) is 6.55. The minimum Gasteiger partial charge on any atom is -0.494 e. The first-order valence-corrected chi connectivity index (χ1v) is 7.33. The Balaban J connectivity index is 2.56. The van der Waals surface area contributed by atoms with Crippen molar-refractivity contribution >= 4 is 15.9 Å². The third-order valence-corrected chi connectivity index (χ3v) is 3.48. The summed E-state index contributed by atoms with van der Waals surface area (Å²) in [6.45, 7) is 11.4. The van der Waals surface area contributed by atoms with Gasteiger partial charge in [0.2, 0.25) is 0 Å². The Morgan fingerprint density at radius 2 is 2.00 bits per heavy atom. The summed E-state index contributed by atoms with van der Waals surface area (Å²) in [7, 11) is 0. The number of hydrogen-bond acceptors (Lipinski definition) is 2. The highest BCUT2D eigenvalue weighted by molar-refractivity contribution is 9.10. The van der Waals surface area contributed by atoms with Gasteiger partial charge in [-0.15, -0.1) is 0 Å². The van der Waals surface area contributed by atoms with Gasteiger partial charge >= 0.3 is 0 Å². The summed E-state index contributed by atoms with van der Waals surface area (Å²) in [5.41, 5.74) is 1.56. The lowest BCUT2D eigenvalue weighted by Crippen LogP contribution is -2.13. The summed E-state index contributed by atoms with van der Waals surface area (Å²) in [4.78, 5) is 0. The van der Waals surface area contributed by atoms with E-state index in [1.165, 1.54) is 5.56 Å². The number of ether oxygens (including phenoxy) is 1. The van der Waals surface area contributed by atoms with Gasteiger partial charge in [0.15, 0.2) is 0 Å². The van der Waals surface area contributed by atoms with E-state index in [4.69, 9.17) is 4.74 Å². The lowest BCUT2D eigenvalue weighted by Gasteiger charge is -2.18. The molecule has 102 valence electrons. The molecule has 0 amide bonds. The molecule has 0 aromatic heterocycles. The van der Waals surface area contributed by atoms with Crippen LogP contribution in [0.4, 0.5) is 0 Å².